The van der Waals surface area contributed by atoms with Crippen molar-refractivity contribution >= 4 is 23.2 Å². The van der Waals surface area contributed by atoms with Gasteiger partial charge in [0.25, 0.3) is 5.91 Å². The van der Waals surface area contributed by atoms with Gasteiger partial charge in [-0.05, 0) is 30.3 Å². The van der Waals surface area contributed by atoms with E-state index in [1.807, 2.05) is 6.92 Å². The Bertz CT molecular complexity index is 691. The van der Waals surface area contributed by atoms with Gasteiger partial charge in [-0.15, -0.1) is 0 Å². The molecule has 1 aromatic heterocycles. The smallest absolute Gasteiger partial charge is 0.291 e. The fourth-order valence-electron chi connectivity index (χ4n) is 1.96. The molecule has 1 aromatic carbocycles. The Morgan fingerprint density at radius 1 is 1.18 bits per heavy atom. The zero-order chi connectivity index (χ0) is 16.1. The average Bonchev–Trinajstić information content (AvgIpc) is 2.96. The highest BCUT2D eigenvalue weighted by molar-refractivity contribution is 6.03. The predicted molar refractivity (Wildman–Crippen MR) is 83.3 cm³/mol. The largest absolute Gasteiger partial charge is 0.495 e. The van der Waals surface area contributed by atoms with Crippen molar-refractivity contribution in [2.45, 2.75) is 20.3 Å². The number of furan rings is 1. The molecule has 0 bridgehead atoms. The molecule has 6 heteroatoms. The van der Waals surface area contributed by atoms with Crippen molar-refractivity contribution < 1.29 is 18.7 Å². The van der Waals surface area contributed by atoms with E-state index in [1.54, 1.807) is 30.3 Å². The summed E-state index contributed by atoms with van der Waals surface area (Å²) >= 11 is 0. The summed E-state index contributed by atoms with van der Waals surface area (Å²) in [6.07, 6.45) is 0.717. The maximum Gasteiger partial charge on any atom is 0.291 e. The van der Waals surface area contributed by atoms with E-state index in [-0.39, 0.29) is 17.6 Å². The highest BCUT2D eigenvalue weighted by atomic mass is 16.5. The quantitative estimate of drug-likeness (QED) is 0.889. The number of amides is 2. The Morgan fingerprint density at radius 3 is 2.55 bits per heavy atom. The van der Waals surface area contributed by atoms with Crippen molar-refractivity contribution in [3.05, 3.63) is 41.9 Å². The number of carbonyl (C=O) groups excluding carboxylic acids is 2. The van der Waals surface area contributed by atoms with Crippen LogP contribution in [0, 0.1) is 0 Å². The second kappa shape index (κ2) is 6.80. The van der Waals surface area contributed by atoms with Crippen LogP contribution in [0.5, 0.6) is 5.75 Å². The summed E-state index contributed by atoms with van der Waals surface area (Å²) < 4.78 is 10.6. The molecule has 0 unspecified atom stereocenters. The minimum Gasteiger partial charge on any atom is -0.495 e. The fourth-order valence-corrected chi connectivity index (χ4v) is 1.96. The summed E-state index contributed by atoms with van der Waals surface area (Å²) in [5.74, 6) is 0.886. The minimum atomic E-state index is -0.377. The molecule has 0 aliphatic rings. The molecule has 0 aliphatic heterocycles. The number of hydrogen-bond donors (Lipinski definition) is 2. The third-order valence-electron chi connectivity index (χ3n) is 3.00. The van der Waals surface area contributed by atoms with Crippen LogP contribution in [0.1, 0.15) is 30.2 Å². The zero-order valence-corrected chi connectivity index (χ0v) is 12.7. The molecule has 0 atom stereocenters. The van der Waals surface area contributed by atoms with Gasteiger partial charge in [-0.1, -0.05) is 6.92 Å². The number of ether oxygens (including phenoxy) is 1. The van der Waals surface area contributed by atoms with Crippen LogP contribution in [0.2, 0.25) is 0 Å². The van der Waals surface area contributed by atoms with Gasteiger partial charge >= 0.3 is 0 Å². The molecule has 2 rings (SSSR count). The lowest BCUT2D eigenvalue weighted by Crippen LogP contribution is -2.13. The van der Waals surface area contributed by atoms with Gasteiger partial charge in [-0.3, -0.25) is 9.59 Å². The van der Waals surface area contributed by atoms with Crippen molar-refractivity contribution in [1.29, 1.82) is 0 Å². The van der Waals surface area contributed by atoms with E-state index < -0.39 is 0 Å². The monoisotopic (exact) mass is 302 g/mol. The van der Waals surface area contributed by atoms with Crippen molar-refractivity contribution in [3.8, 4) is 5.75 Å². The van der Waals surface area contributed by atoms with Gasteiger partial charge in [0.2, 0.25) is 5.91 Å². The first-order valence-electron chi connectivity index (χ1n) is 6.89. The number of methoxy groups -OCH3 is 1. The van der Waals surface area contributed by atoms with E-state index >= 15 is 0 Å². The summed E-state index contributed by atoms with van der Waals surface area (Å²) in [7, 11) is 1.51. The number of aryl methyl sites for hydroxylation is 1. The van der Waals surface area contributed by atoms with Crippen LogP contribution in [-0.4, -0.2) is 18.9 Å². The molecule has 1 heterocycles. The maximum absolute atomic E-state index is 12.2. The third-order valence-corrected chi connectivity index (χ3v) is 3.00. The molecule has 2 aromatic rings. The van der Waals surface area contributed by atoms with Gasteiger partial charge in [0, 0.05) is 19.0 Å². The zero-order valence-electron chi connectivity index (χ0n) is 12.7. The maximum atomic E-state index is 12.2. The molecular formula is C16H18N2O4. The lowest BCUT2D eigenvalue weighted by atomic mass is 10.2. The van der Waals surface area contributed by atoms with E-state index in [0.717, 1.165) is 5.76 Å². The van der Waals surface area contributed by atoms with Crippen molar-refractivity contribution in [2.24, 2.45) is 0 Å². The first-order chi connectivity index (χ1) is 10.5. The van der Waals surface area contributed by atoms with Crippen molar-refractivity contribution in [3.63, 3.8) is 0 Å². The van der Waals surface area contributed by atoms with Crippen LogP contribution < -0.4 is 15.4 Å². The topological polar surface area (TPSA) is 80.6 Å². The summed E-state index contributed by atoms with van der Waals surface area (Å²) in [6.45, 7) is 3.36. The van der Waals surface area contributed by atoms with Crippen LogP contribution in [0.25, 0.3) is 0 Å². The van der Waals surface area contributed by atoms with Crippen molar-refractivity contribution in [2.75, 3.05) is 17.7 Å². The molecule has 0 saturated carbocycles. The third kappa shape index (κ3) is 3.66. The molecule has 116 valence electrons. The number of rotatable bonds is 5. The molecule has 0 fully saturated rings. The molecule has 0 spiro atoms. The van der Waals surface area contributed by atoms with Gasteiger partial charge in [0.15, 0.2) is 5.76 Å². The van der Waals surface area contributed by atoms with E-state index in [0.29, 0.717) is 23.5 Å². The summed E-state index contributed by atoms with van der Waals surface area (Å²) in [5.41, 5.74) is 1.02. The average molecular weight is 302 g/mol. The Kier molecular flexibility index (Phi) is 4.83. The van der Waals surface area contributed by atoms with Crippen LogP contribution in [0.3, 0.4) is 0 Å². The summed E-state index contributed by atoms with van der Waals surface area (Å²) in [6, 6.07) is 8.37. The SMILES string of the molecule is CCc1ccc(C(=O)Nc2cc(NC(C)=O)ccc2OC)o1. The standard InChI is InChI=1S/C16H18N2O4/c1-4-12-6-8-15(22-12)16(20)18-13-9-11(17-10(2)19)5-7-14(13)21-3/h5-9H,4H2,1-3H3,(H,17,19)(H,18,20). The second-order valence-corrected chi connectivity index (χ2v) is 4.67. The van der Waals surface area contributed by atoms with E-state index in [1.165, 1.54) is 14.0 Å². The molecule has 2 amide bonds. The normalized spacial score (nSPS) is 10.1. The van der Waals surface area contributed by atoms with E-state index in [2.05, 4.69) is 10.6 Å². The molecule has 0 aliphatic carbocycles. The highest BCUT2D eigenvalue weighted by Gasteiger charge is 2.14. The lowest BCUT2D eigenvalue weighted by Gasteiger charge is -2.11. The molecule has 0 radical (unpaired) electrons. The van der Waals surface area contributed by atoms with Gasteiger partial charge in [0.05, 0.1) is 12.8 Å². The Morgan fingerprint density at radius 2 is 1.95 bits per heavy atom. The highest BCUT2D eigenvalue weighted by Crippen LogP contribution is 2.28. The number of nitrogens with one attached hydrogen (secondary N) is 2. The second-order valence-electron chi connectivity index (χ2n) is 4.67. The molecule has 0 saturated heterocycles. The number of benzene rings is 1. The summed E-state index contributed by atoms with van der Waals surface area (Å²) in [5, 5.41) is 5.37. The van der Waals surface area contributed by atoms with Gasteiger partial charge < -0.3 is 19.8 Å². The van der Waals surface area contributed by atoms with Crippen LogP contribution in [0.4, 0.5) is 11.4 Å². The first kappa shape index (κ1) is 15.6. The van der Waals surface area contributed by atoms with Crippen molar-refractivity contribution in [1.82, 2.24) is 0 Å². The minimum absolute atomic E-state index is 0.193. The first-order valence-corrected chi connectivity index (χ1v) is 6.89. The fraction of sp³-hybridized carbons (Fsp3) is 0.250. The number of carbonyl (C=O) groups is 2. The van der Waals surface area contributed by atoms with Gasteiger partial charge in [-0.25, -0.2) is 0 Å². The van der Waals surface area contributed by atoms with Crippen LogP contribution in [0.15, 0.2) is 34.7 Å². The Balaban J connectivity index is 2.22. The summed E-state index contributed by atoms with van der Waals surface area (Å²) in [4.78, 5) is 23.3. The predicted octanol–water partition coefficient (Wildman–Crippen LogP) is 3.06. The van der Waals surface area contributed by atoms with Crippen LogP contribution >= 0.6 is 0 Å². The molecule has 22 heavy (non-hydrogen) atoms. The molecular weight excluding hydrogens is 284 g/mol. The number of anilines is 2. The van der Waals surface area contributed by atoms with E-state index in [4.69, 9.17) is 9.15 Å². The van der Waals surface area contributed by atoms with Gasteiger partial charge in [-0.2, -0.15) is 0 Å². The Labute approximate surface area is 128 Å². The van der Waals surface area contributed by atoms with Gasteiger partial charge in [0.1, 0.15) is 11.5 Å². The lowest BCUT2D eigenvalue weighted by molar-refractivity contribution is -0.114. The van der Waals surface area contributed by atoms with E-state index in [9.17, 15) is 9.59 Å². The number of hydrogen-bond acceptors (Lipinski definition) is 4. The van der Waals surface area contributed by atoms with Crippen LogP contribution in [-0.2, 0) is 11.2 Å². The molecule has 2 N–H and O–H groups in total. The Hall–Kier alpha value is -2.76. The molecule has 6 nitrogen and oxygen atoms in total.